The highest BCUT2D eigenvalue weighted by Crippen LogP contribution is 2.33. The quantitative estimate of drug-likeness (QED) is 0.877. The average molecular weight is 363 g/mol. The molecule has 2 aliphatic carbocycles. The molecule has 0 fully saturated rings. The van der Waals surface area contributed by atoms with Crippen molar-refractivity contribution in [3.8, 4) is 0 Å². The van der Waals surface area contributed by atoms with Crippen molar-refractivity contribution < 1.29 is 14.7 Å². The Morgan fingerprint density at radius 3 is 2.22 bits per heavy atom. The maximum absolute atomic E-state index is 13.1. The number of carboxylic acids is 1. The summed E-state index contributed by atoms with van der Waals surface area (Å²) < 4.78 is 0. The Morgan fingerprint density at radius 1 is 0.963 bits per heavy atom. The van der Waals surface area contributed by atoms with E-state index in [2.05, 4.69) is 23.5 Å². The zero-order chi connectivity index (χ0) is 19.2. The molecule has 2 aliphatic rings. The number of carbonyl (C=O) groups is 2. The molecule has 0 aromatic heterocycles. The molecule has 2 aromatic carbocycles. The van der Waals surface area contributed by atoms with Crippen molar-refractivity contribution >= 4 is 11.9 Å². The molecule has 27 heavy (non-hydrogen) atoms. The zero-order valence-corrected chi connectivity index (χ0v) is 15.9. The first-order valence-corrected chi connectivity index (χ1v) is 9.65. The van der Waals surface area contributed by atoms with Crippen LogP contribution >= 0.6 is 0 Å². The highest BCUT2D eigenvalue weighted by Gasteiger charge is 2.46. The monoisotopic (exact) mass is 363 g/mol. The number of nitrogens with one attached hydrogen (secondary N) is 1. The van der Waals surface area contributed by atoms with E-state index in [-0.39, 0.29) is 5.91 Å². The summed E-state index contributed by atoms with van der Waals surface area (Å²) in [5, 5.41) is 12.9. The minimum atomic E-state index is -1.27. The molecule has 0 saturated carbocycles. The number of benzene rings is 2. The molecule has 4 rings (SSSR count). The van der Waals surface area contributed by atoms with Crippen LogP contribution in [0.3, 0.4) is 0 Å². The summed E-state index contributed by atoms with van der Waals surface area (Å²) in [5.74, 6) is -1.23. The third-order valence-electron chi connectivity index (χ3n) is 6.20. The van der Waals surface area contributed by atoms with E-state index in [0.717, 1.165) is 53.5 Å². The number of amides is 1. The van der Waals surface area contributed by atoms with Crippen molar-refractivity contribution in [1.29, 1.82) is 0 Å². The van der Waals surface area contributed by atoms with Crippen LogP contribution in [0.15, 0.2) is 30.3 Å². The number of fused-ring (bicyclic) bond motifs is 2. The van der Waals surface area contributed by atoms with E-state index in [9.17, 15) is 14.7 Å². The van der Waals surface area contributed by atoms with Crippen LogP contribution in [-0.4, -0.2) is 22.5 Å². The maximum Gasteiger partial charge on any atom is 0.330 e. The topological polar surface area (TPSA) is 66.4 Å². The molecule has 0 radical (unpaired) electrons. The van der Waals surface area contributed by atoms with Crippen molar-refractivity contribution in [2.75, 3.05) is 0 Å². The van der Waals surface area contributed by atoms with Gasteiger partial charge in [0.25, 0.3) is 5.91 Å². The number of hydrogen-bond donors (Lipinski definition) is 2. The van der Waals surface area contributed by atoms with Gasteiger partial charge in [-0.3, -0.25) is 4.79 Å². The largest absolute Gasteiger partial charge is 0.479 e. The van der Waals surface area contributed by atoms with Crippen LogP contribution in [0, 0.1) is 13.8 Å². The van der Waals surface area contributed by atoms with E-state index in [1.54, 1.807) is 0 Å². The van der Waals surface area contributed by atoms with Gasteiger partial charge in [-0.25, -0.2) is 4.79 Å². The lowest BCUT2D eigenvalue weighted by Crippen LogP contribution is -2.55. The molecular formula is C23H25NO3. The van der Waals surface area contributed by atoms with Gasteiger partial charge in [-0.1, -0.05) is 24.3 Å². The number of aryl methyl sites for hydroxylation is 3. The fourth-order valence-corrected chi connectivity index (χ4v) is 4.55. The second-order valence-electron chi connectivity index (χ2n) is 8.05. The fourth-order valence-electron chi connectivity index (χ4n) is 4.55. The minimum absolute atomic E-state index is 0.266. The summed E-state index contributed by atoms with van der Waals surface area (Å²) in [5.41, 5.74) is 6.03. The predicted molar refractivity (Wildman–Crippen MR) is 104 cm³/mol. The Morgan fingerprint density at radius 2 is 1.59 bits per heavy atom. The molecule has 0 atom stereocenters. The van der Waals surface area contributed by atoms with E-state index < -0.39 is 11.5 Å². The van der Waals surface area contributed by atoms with Gasteiger partial charge in [0.05, 0.1) is 0 Å². The van der Waals surface area contributed by atoms with Crippen LogP contribution in [-0.2, 0) is 30.5 Å². The van der Waals surface area contributed by atoms with Gasteiger partial charge in [-0.15, -0.1) is 0 Å². The summed E-state index contributed by atoms with van der Waals surface area (Å²) in [7, 11) is 0. The molecule has 0 saturated heterocycles. The molecule has 0 heterocycles. The minimum Gasteiger partial charge on any atom is -0.479 e. The molecule has 0 unspecified atom stereocenters. The van der Waals surface area contributed by atoms with Gasteiger partial charge in [0.15, 0.2) is 0 Å². The first kappa shape index (κ1) is 17.8. The number of aliphatic carboxylic acids is 1. The Bertz CT molecular complexity index is 914. The van der Waals surface area contributed by atoms with Gasteiger partial charge in [0, 0.05) is 18.4 Å². The SMILES string of the molecule is Cc1cc2c(cc1C)CC(NC(=O)c1cccc3c1CCCC3)(C(=O)O)C2. The Labute approximate surface area is 159 Å². The smallest absolute Gasteiger partial charge is 0.330 e. The molecule has 0 spiro atoms. The molecule has 0 aliphatic heterocycles. The van der Waals surface area contributed by atoms with E-state index in [1.165, 1.54) is 5.56 Å². The van der Waals surface area contributed by atoms with Crippen molar-refractivity contribution in [3.05, 3.63) is 69.3 Å². The van der Waals surface area contributed by atoms with Crippen LogP contribution in [0.25, 0.3) is 0 Å². The summed E-state index contributed by atoms with van der Waals surface area (Å²) in [6.45, 7) is 4.07. The summed E-state index contributed by atoms with van der Waals surface area (Å²) in [4.78, 5) is 25.3. The Balaban J connectivity index is 1.66. The van der Waals surface area contributed by atoms with Crippen LogP contribution in [0.5, 0.6) is 0 Å². The summed E-state index contributed by atoms with van der Waals surface area (Å²) in [6, 6.07) is 9.93. The third-order valence-corrected chi connectivity index (χ3v) is 6.20. The average Bonchev–Trinajstić information content (AvgIpc) is 2.99. The number of carboxylic acid groups (broad SMARTS) is 1. The highest BCUT2D eigenvalue weighted by molar-refractivity contribution is 5.99. The van der Waals surface area contributed by atoms with Gasteiger partial charge < -0.3 is 10.4 Å². The normalized spacial score (nSPS) is 17.1. The number of hydrogen-bond acceptors (Lipinski definition) is 2. The van der Waals surface area contributed by atoms with Crippen LogP contribution in [0.1, 0.15) is 56.6 Å². The molecule has 4 nitrogen and oxygen atoms in total. The van der Waals surface area contributed by atoms with Crippen LogP contribution in [0.2, 0.25) is 0 Å². The van der Waals surface area contributed by atoms with E-state index in [0.29, 0.717) is 18.4 Å². The van der Waals surface area contributed by atoms with E-state index >= 15 is 0 Å². The molecule has 2 N–H and O–H groups in total. The molecular weight excluding hydrogens is 338 g/mol. The highest BCUT2D eigenvalue weighted by atomic mass is 16.4. The first-order chi connectivity index (χ1) is 12.9. The molecule has 0 bridgehead atoms. The number of rotatable bonds is 3. The summed E-state index contributed by atoms with van der Waals surface area (Å²) in [6.07, 6.45) is 4.76. The fraction of sp³-hybridized carbons (Fsp3) is 0.391. The lowest BCUT2D eigenvalue weighted by molar-refractivity contribution is -0.144. The third kappa shape index (κ3) is 3.03. The Hall–Kier alpha value is -2.62. The van der Waals surface area contributed by atoms with Crippen molar-refractivity contribution in [2.45, 2.75) is 57.9 Å². The van der Waals surface area contributed by atoms with Gasteiger partial charge >= 0.3 is 5.97 Å². The second-order valence-corrected chi connectivity index (χ2v) is 8.05. The van der Waals surface area contributed by atoms with Gasteiger partial charge in [-0.2, -0.15) is 0 Å². The van der Waals surface area contributed by atoms with E-state index in [4.69, 9.17) is 0 Å². The first-order valence-electron chi connectivity index (χ1n) is 9.65. The van der Waals surface area contributed by atoms with Gasteiger partial charge in [-0.05, 0) is 79.0 Å². The summed E-state index contributed by atoms with van der Waals surface area (Å²) >= 11 is 0. The lowest BCUT2D eigenvalue weighted by Gasteiger charge is -2.27. The second kappa shape index (κ2) is 6.52. The van der Waals surface area contributed by atoms with Gasteiger partial charge in [0.2, 0.25) is 0 Å². The number of carbonyl (C=O) groups excluding carboxylic acids is 1. The lowest BCUT2D eigenvalue weighted by atomic mass is 9.87. The zero-order valence-electron chi connectivity index (χ0n) is 15.9. The molecule has 1 amide bonds. The molecule has 4 heteroatoms. The predicted octanol–water partition coefficient (Wildman–Crippen LogP) is 3.53. The molecule has 140 valence electrons. The molecule has 2 aromatic rings. The van der Waals surface area contributed by atoms with Crippen molar-refractivity contribution in [2.24, 2.45) is 0 Å². The van der Waals surface area contributed by atoms with Crippen LogP contribution < -0.4 is 5.32 Å². The van der Waals surface area contributed by atoms with E-state index in [1.807, 2.05) is 26.0 Å². The van der Waals surface area contributed by atoms with Gasteiger partial charge in [0.1, 0.15) is 5.54 Å². The van der Waals surface area contributed by atoms with Crippen molar-refractivity contribution in [1.82, 2.24) is 5.32 Å². The van der Waals surface area contributed by atoms with Crippen molar-refractivity contribution in [3.63, 3.8) is 0 Å². The standard InChI is InChI=1S/C23H25NO3/c1-14-10-17-12-23(22(26)27,13-18(17)11-15(14)2)24-21(25)20-9-5-7-16-6-3-4-8-19(16)20/h5,7,9-11H,3-4,6,8,12-13H2,1-2H3,(H,24,25)(H,26,27). The Kier molecular flexibility index (Phi) is 4.29. The van der Waals surface area contributed by atoms with Crippen LogP contribution in [0.4, 0.5) is 0 Å². The maximum atomic E-state index is 13.1.